The van der Waals surface area contributed by atoms with E-state index in [0.717, 1.165) is 11.1 Å². The number of ether oxygens (including phenoxy) is 4. The van der Waals surface area contributed by atoms with Crippen LogP contribution in [0.1, 0.15) is 34.5 Å². The number of carbonyl (C=O) groups excluding carboxylic acids is 1. The Morgan fingerprint density at radius 1 is 0.971 bits per heavy atom. The molecule has 0 saturated carbocycles. The third-order valence-corrected chi connectivity index (χ3v) is 5.90. The van der Waals surface area contributed by atoms with Crippen molar-refractivity contribution in [2.75, 3.05) is 34.0 Å². The number of methoxy groups -OCH3 is 2. The lowest BCUT2D eigenvalue weighted by Gasteiger charge is -2.38. The topological polar surface area (TPSA) is 57.2 Å². The molecule has 0 fully saturated rings. The molecule has 0 saturated heterocycles. The normalized spacial score (nSPS) is 14.8. The summed E-state index contributed by atoms with van der Waals surface area (Å²) in [5.41, 5.74) is 2.49. The van der Waals surface area contributed by atoms with Crippen LogP contribution in [0.4, 0.5) is 4.39 Å². The molecule has 1 atom stereocenters. The van der Waals surface area contributed by atoms with Gasteiger partial charge in [0.15, 0.2) is 11.5 Å². The Labute approximate surface area is 198 Å². The van der Waals surface area contributed by atoms with E-state index in [0.29, 0.717) is 48.1 Å². The van der Waals surface area contributed by atoms with E-state index >= 15 is 0 Å². The summed E-state index contributed by atoms with van der Waals surface area (Å²) in [5.74, 6) is 1.81. The van der Waals surface area contributed by atoms with Crippen LogP contribution in [0.25, 0.3) is 0 Å². The summed E-state index contributed by atoms with van der Waals surface area (Å²) in [4.78, 5) is 15.5. The quantitative estimate of drug-likeness (QED) is 0.466. The molecule has 1 heterocycles. The number of hydrogen-bond acceptors (Lipinski definition) is 5. The van der Waals surface area contributed by atoms with Gasteiger partial charge >= 0.3 is 0 Å². The van der Waals surface area contributed by atoms with E-state index < -0.39 is 6.04 Å². The van der Waals surface area contributed by atoms with Gasteiger partial charge in [0.25, 0.3) is 5.91 Å². The Balaban J connectivity index is 1.72. The van der Waals surface area contributed by atoms with Gasteiger partial charge in [-0.1, -0.05) is 12.1 Å². The summed E-state index contributed by atoms with van der Waals surface area (Å²) < 4.78 is 36.1. The van der Waals surface area contributed by atoms with Crippen molar-refractivity contribution >= 4 is 5.91 Å². The van der Waals surface area contributed by atoms with Gasteiger partial charge in [-0.15, -0.1) is 0 Å². The lowest BCUT2D eigenvalue weighted by atomic mass is 9.91. The summed E-state index contributed by atoms with van der Waals surface area (Å²) in [6.07, 6.45) is 0.658. The standard InChI is InChI=1S/C27H28FNO5/c1-4-33-24-8-6-5-7-21(24)27(30)29-14-13-18-15-25(31-2)26(32-3)16-22(18)23(29)17-34-20-11-9-19(28)10-12-20/h5-12,15-16,23H,4,13-14,17H2,1-3H3. The Bertz CT molecular complexity index is 1150. The Kier molecular flexibility index (Phi) is 7.21. The lowest BCUT2D eigenvalue weighted by Crippen LogP contribution is -2.42. The van der Waals surface area contributed by atoms with Crippen molar-refractivity contribution in [3.05, 3.63) is 83.2 Å². The Morgan fingerprint density at radius 3 is 2.38 bits per heavy atom. The third-order valence-electron chi connectivity index (χ3n) is 5.90. The molecule has 34 heavy (non-hydrogen) atoms. The number of benzene rings is 3. The molecule has 7 heteroatoms. The van der Waals surface area contributed by atoms with Gasteiger partial charge in [0, 0.05) is 6.54 Å². The minimum absolute atomic E-state index is 0.141. The zero-order chi connectivity index (χ0) is 24.1. The summed E-state index contributed by atoms with van der Waals surface area (Å²) in [5, 5.41) is 0. The number of carbonyl (C=O) groups is 1. The zero-order valence-corrected chi connectivity index (χ0v) is 19.5. The van der Waals surface area contributed by atoms with Crippen LogP contribution in [-0.4, -0.2) is 44.8 Å². The molecular weight excluding hydrogens is 437 g/mol. The van der Waals surface area contributed by atoms with E-state index in [1.165, 1.54) is 12.1 Å². The number of halogens is 1. The molecule has 1 aliphatic heterocycles. The van der Waals surface area contributed by atoms with Crippen molar-refractivity contribution in [1.82, 2.24) is 4.90 Å². The molecular formula is C27H28FNO5. The highest BCUT2D eigenvalue weighted by atomic mass is 19.1. The Morgan fingerprint density at radius 2 is 1.68 bits per heavy atom. The molecule has 0 spiro atoms. The van der Waals surface area contributed by atoms with E-state index in [9.17, 15) is 9.18 Å². The first-order valence-corrected chi connectivity index (χ1v) is 11.2. The summed E-state index contributed by atoms with van der Waals surface area (Å²) in [7, 11) is 3.18. The van der Waals surface area contributed by atoms with Crippen molar-refractivity contribution in [2.24, 2.45) is 0 Å². The maximum Gasteiger partial charge on any atom is 0.258 e. The second-order valence-corrected chi connectivity index (χ2v) is 7.86. The average molecular weight is 466 g/mol. The van der Waals surface area contributed by atoms with Crippen molar-refractivity contribution < 1.29 is 28.1 Å². The van der Waals surface area contributed by atoms with Crippen LogP contribution in [0.2, 0.25) is 0 Å². The van der Waals surface area contributed by atoms with Crippen LogP contribution in [0.3, 0.4) is 0 Å². The first-order chi connectivity index (χ1) is 16.5. The molecule has 0 aliphatic carbocycles. The summed E-state index contributed by atoms with van der Waals surface area (Å²) in [6, 6.07) is 16.5. The van der Waals surface area contributed by atoms with Crippen LogP contribution in [-0.2, 0) is 6.42 Å². The molecule has 178 valence electrons. The minimum atomic E-state index is -0.393. The van der Waals surface area contributed by atoms with Crippen LogP contribution in [0, 0.1) is 5.82 Å². The van der Waals surface area contributed by atoms with E-state index in [2.05, 4.69) is 0 Å². The lowest BCUT2D eigenvalue weighted by molar-refractivity contribution is 0.0585. The smallest absolute Gasteiger partial charge is 0.258 e. The number of amides is 1. The third kappa shape index (κ3) is 4.78. The molecule has 0 aromatic heterocycles. The predicted octanol–water partition coefficient (Wildman–Crippen LogP) is 5.06. The van der Waals surface area contributed by atoms with Crippen LogP contribution in [0.15, 0.2) is 60.7 Å². The van der Waals surface area contributed by atoms with Crippen LogP contribution >= 0.6 is 0 Å². The number of para-hydroxylation sites is 1. The number of nitrogens with zero attached hydrogens (tertiary/aromatic N) is 1. The summed E-state index contributed by atoms with van der Waals surface area (Å²) >= 11 is 0. The molecule has 1 aliphatic rings. The molecule has 0 radical (unpaired) electrons. The van der Waals surface area contributed by atoms with E-state index in [1.54, 1.807) is 43.4 Å². The van der Waals surface area contributed by atoms with Gasteiger partial charge in [0.05, 0.1) is 32.4 Å². The molecule has 6 nitrogen and oxygen atoms in total. The molecule has 3 aromatic carbocycles. The van der Waals surface area contributed by atoms with Gasteiger partial charge in [-0.25, -0.2) is 4.39 Å². The summed E-state index contributed by atoms with van der Waals surface area (Å²) in [6.45, 7) is 3.04. The molecule has 3 aromatic rings. The molecule has 4 rings (SSSR count). The zero-order valence-electron chi connectivity index (χ0n) is 19.5. The first-order valence-electron chi connectivity index (χ1n) is 11.2. The number of hydrogen-bond donors (Lipinski definition) is 0. The van der Waals surface area contributed by atoms with Gasteiger partial charge in [0.1, 0.15) is 23.9 Å². The van der Waals surface area contributed by atoms with Crippen molar-refractivity contribution in [3.8, 4) is 23.0 Å². The van der Waals surface area contributed by atoms with E-state index in [1.807, 2.05) is 31.2 Å². The molecule has 0 N–H and O–H groups in total. The Hall–Kier alpha value is -3.74. The van der Waals surface area contributed by atoms with E-state index in [4.69, 9.17) is 18.9 Å². The second-order valence-electron chi connectivity index (χ2n) is 7.86. The van der Waals surface area contributed by atoms with Crippen molar-refractivity contribution in [1.29, 1.82) is 0 Å². The van der Waals surface area contributed by atoms with Crippen molar-refractivity contribution in [3.63, 3.8) is 0 Å². The highest BCUT2D eigenvalue weighted by molar-refractivity contribution is 5.97. The monoisotopic (exact) mass is 465 g/mol. The highest BCUT2D eigenvalue weighted by Gasteiger charge is 2.34. The highest BCUT2D eigenvalue weighted by Crippen LogP contribution is 2.39. The minimum Gasteiger partial charge on any atom is -0.493 e. The number of fused-ring (bicyclic) bond motifs is 1. The second kappa shape index (κ2) is 10.5. The molecule has 0 bridgehead atoms. The fraction of sp³-hybridized carbons (Fsp3) is 0.296. The van der Waals surface area contributed by atoms with E-state index in [-0.39, 0.29) is 18.3 Å². The molecule has 1 amide bonds. The van der Waals surface area contributed by atoms with Crippen molar-refractivity contribution in [2.45, 2.75) is 19.4 Å². The van der Waals surface area contributed by atoms with Crippen LogP contribution in [0.5, 0.6) is 23.0 Å². The average Bonchev–Trinajstić information content (AvgIpc) is 2.87. The fourth-order valence-corrected chi connectivity index (χ4v) is 4.24. The van der Waals surface area contributed by atoms with Gasteiger partial charge in [-0.05, 0) is 73.0 Å². The van der Waals surface area contributed by atoms with Gasteiger partial charge in [-0.2, -0.15) is 0 Å². The van der Waals surface area contributed by atoms with Gasteiger partial charge in [-0.3, -0.25) is 4.79 Å². The SMILES string of the molecule is CCOc1ccccc1C(=O)N1CCc2cc(OC)c(OC)cc2C1COc1ccc(F)cc1. The van der Waals surface area contributed by atoms with Gasteiger partial charge < -0.3 is 23.8 Å². The first kappa shape index (κ1) is 23.4. The largest absolute Gasteiger partial charge is 0.493 e. The maximum atomic E-state index is 13.7. The predicted molar refractivity (Wildman–Crippen MR) is 127 cm³/mol. The maximum absolute atomic E-state index is 13.7. The number of rotatable bonds is 8. The fourth-order valence-electron chi connectivity index (χ4n) is 4.24. The van der Waals surface area contributed by atoms with Crippen LogP contribution < -0.4 is 18.9 Å². The van der Waals surface area contributed by atoms with Gasteiger partial charge in [0.2, 0.25) is 0 Å². The molecule has 1 unspecified atom stereocenters.